The first-order valence-corrected chi connectivity index (χ1v) is 7.54. The van der Waals surface area contributed by atoms with Crippen molar-refractivity contribution in [3.05, 3.63) is 70.2 Å². The van der Waals surface area contributed by atoms with E-state index in [-0.39, 0.29) is 0 Å². The maximum atomic E-state index is 12.4. The van der Waals surface area contributed by atoms with Crippen LogP contribution >= 0.6 is 0 Å². The number of carbonyl (C=O) groups is 2. The molecule has 0 bridgehead atoms. The van der Waals surface area contributed by atoms with Crippen LogP contribution in [0.4, 0.5) is 0 Å². The molecular formula is C18H16N2O5. The zero-order chi connectivity index (χ0) is 18.0. The van der Waals surface area contributed by atoms with E-state index in [4.69, 9.17) is 9.15 Å². The van der Waals surface area contributed by atoms with Crippen molar-refractivity contribution in [1.29, 1.82) is 0 Å². The maximum Gasteiger partial charge on any atom is 0.419 e. The number of carbonyl (C=O) groups excluding carboxylic acids is 2. The number of benzene rings is 2. The quantitative estimate of drug-likeness (QED) is 0.731. The normalized spacial score (nSPS) is 11.9. The van der Waals surface area contributed by atoms with E-state index >= 15 is 0 Å². The molecule has 1 unspecified atom stereocenters. The molecule has 7 heteroatoms. The number of amides is 1. The average molecular weight is 340 g/mol. The van der Waals surface area contributed by atoms with E-state index in [1.807, 2.05) is 0 Å². The second kappa shape index (κ2) is 6.64. The van der Waals surface area contributed by atoms with Crippen molar-refractivity contribution in [3.63, 3.8) is 0 Å². The van der Waals surface area contributed by atoms with Crippen molar-refractivity contribution < 1.29 is 18.7 Å². The van der Waals surface area contributed by atoms with E-state index in [0.29, 0.717) is 22.2 Å². The lowest BCUT2D eigenvalue weighted by Gasteiger charge is -2.17. The molecule has 0 aliphatic carbocycles. The van der Waals surface area contributed by atoms with Gasteiger partial charge in [-0.1, -0.05) is 24.3 Å². The SMILES string of the molecule is COC(=O)C(NC(=O)c1ccccc1)c1ccc2c(c1)oc(=O)n2C. The summed E-state index contributed by atoms with van der Waals surface area (Å²) < 4.78 is 11.3. The van der Waals surface area contributed by atoms with Gasteiger partial charge in [-0.05, 0) is 29.8 Å². The zero-order valence-corrected chi connectivity index (χ0v) is 13.7. The van der Waals surface area contributed by atoms with Crippen molar-refractivity contribution in [2.45, 2.75) is 6.04 Å². The highest BCUT2D eigenvalue weighted by Crippen LogP contribution is 2.21. The average Bonchev–Trinajstić information content (AvgIpc) is 2.93. The second-order valence-corrected chi connectivity index (χ2v) is 5.45. The zero-order valence-electron chi connectivity index (χ0n) is 13.7. The summed E-state index contributed by atoms with van der Waals surface area (Å²) in [7, 11) is 2.83. The highest BCUT2D eigenvalue weighted by atomic mass is 16.5. The highest BCUT2D eigenvalue weighted by molar-refractivity contribution is 5.97. The molecule has 0 aliphatic rings. The number of esters is 1. The number of hydrogen-bond acceptors (Lipinski definition) is 5. The van der Waals surface area contributed by atoms with Crippen molar-refractivity contribution in [2.24, 2.45) is 7.05 Å². The molecule has 128 valence electrons. The van der Waals surface area contributed by atoms with Crippen LogP contribution in [-0.2, 0) is 16.6 Å². The Morgan fingerprint density at radius 3 is 2.56 bits per heavy atom. The largest absolute Gasteiger partial charge is 0.467 e. The summed E-state index contributed by atoms with van der Waals surface area (Å²) in [5.41, 5.74) is 1.79. The monoisotopic (exact) mass is 340 g/mol. The molecule has 1 amide bonds. The summed E-state index contributed by atoms with van der Waals surface area (Å²) in [4.78, 5) is 36.1. The molecule has 2 aromatic carbocycles. The number of methoxy groups -OCH3 is 1. The maximum absolute atomic E-state index is 12.4. The topological polar surface area (TPSA) is 90.5 Å². The first-order chi connectivity index (χ1) is 12.0. The van der Waals surface area contributed by atoms with Crippen LogP contribution in [0.1, 0.15) is 22.0 Å². The van der Waals surface area contributed by atoms with E-state index in [0.717, 1.165) is 0 Å². The van der Waals surface area contributed by atoms with Gasteiger partial charge in [0.1, 0.15) is 0 Å². The fourth-order valence-corrected chi connectivity index (χ4v) is 2.53. The summed E-state index contributed by atoms with van der Waals surface area (Å²) >= 11 is 0. The first-order valence-electron chi connectivity index (χ1n) is 7.54. The van der Waals surface area contributed by atoms with E-state index in [9.17, 15) is 14.4 Å². The molecule has 25 heavy (non-hydrogen) atoms. The fourth-order valence-electron chi connectivity index (χ4n) is 2.53. The van der Waals surface area contributed by atoms with Crippen molar-refractivity contribution in [2.75, 3.05) is 7.11 Å². The molecule has 3 rings (SSSR count). The molecule has 0 aliphatic heterocycles. The smallest absolute Gasteiger partial charge is 0.419 e. The number of fused-ring (bicyclic) bond motifs is 1. The molecule has 1 N–H and O–H groups in total. The molecule has 0 saturated heterocycles. The Morgan fingerprint density at radius 1 is 1.16 bits per heavy atom. The van der Waals surface area contributed by atoms with Crippen LogP contribution in [0, 0.1) is 0 Å². The van der Waals surface area contributed by atoms with Gasteiger partial charge < -0.3 is 14.5 Å². The first kappa shape index (κ1) is 16.5. The standard InChI is InChI=1S/C18H16N2O5/c1-20-13-9-8-12(10-14(13)25-18(20)23)15(17(22)24-2)19-16(21)11-6-4-3-5-7-11/h3-10,15H,1-2H3,(H,19,21). The van der Waals surface area contributed by atoms with Crippen molar-refractivity contribution in [1.82, 2.24) is 9.88 Å². The predicted molar refractivity (Wildman–Crippen MR) is 90.1 cm³/mol. The number of aromatic nitrogens is 1. The van der Waals surface area contributed by atoms with Gasteiger partial charge in [0.25, 0.3) is 5.91 Å². The molecule has 1 aromatic heterocycles. The third-order valence-corrected chi connectivity index (χ3v) is 3.90. The lowest BCUT2D eigenvalue weighted by atomic mass is 10.1. The summed E-state index contributed by atoms with van der Waals surface area (Å²) in [5.74, 6) is -1.54. The molecule has 0 saturated carbocycles. The summed E-state index contributed by atoms with van der Waals surface area (Å²) in [6.45, 7) is 0. The minimum Gasteiger partial charge on any atom is -0.467 e. The third kappa shape index (κ3) is 3.16. The van der Waals surface area contributed by atoms with Crippen LogP contribution < -0.4 is 11.1 Å². The van der Waals surface area contributed by atoms with Gasteiger partial charge in [0.15, 0.2) is 11.6 Å². The van der Waals surface area contributed by atoms with Crippen LogP contribution in [0.2, 0.25) is 0 Å². The summed E-state index contributed by atoms with van der Waals surface area (Å²) in [5, 5.41) is 2.65. The Balaban J connectivity index is 1.97. The summed E-state index contributed by atoms with van der Waals surface area (Å²) in [6, 6.07) is 12.4. The van der Waals surface area contributed by atoms with Gasteiger partial charge in [-0.25, -0.2) is 9.59 Å². The summed E-state index contributed by atoms with van der Waals surface area (Å²) in [6.07, 6.45) is 0. The van der Waals surface area contributed by atoms with Gasteiger partial charge in [0.2, 0.25) is 0 Å². The lowest BCUT2D eigenvalue weighted by Crippen LogP contribution is -2.34. The molecule has 1 atom stereocenters. The number of nitrogens with zero attached hydrogens (tertiary/aromatic N) is 1. The minimum absolute atomic E-state index is 0.327. The van der Waals surface area contributed by atoms with Crippen LogP contribution in [-0.4, -0.2) is 23.6 Å². The van der Waals surface area contributed by atoms with Crippen LogP contribution in [0.25, 0.3) is 11.1 Å². The molecule has 0 fully saturated rings. The lowest BCUT2D eigenvalue weighted by molar-refractivity contribution is -0.143. The Hall–Kier alpha value is -3.35. The van der Waals surface area contributed by atoms with Gasteiger partial charge in [-0.3, -0.25) is 9.36 Å². The number of ether oxygens (including phenoxy) is 1. The van der Waals surface area contributed by atoms with E-state index in [2.05, 4.69) is 5.32 Å². The number of oxazole rings is 1. The fraction of sp³-hybridized carbons (Fsp3) is 0.167. The minimum atomic E-state index is -1.02. The Morgan fingerprint density at radius 2 is 1.88 bits per heavy atom. The molecule has 0 spiro atoms. The van der Waals surface area contributed by atoms with Crippen molar-refractivity contribution >= 4 is 23.0 Å². The Labute approximate surface area is 142 Å². The molecule has 1 heterocycles. The van der Waals surface area contributed by atoms with Gasteiger partial charge in [-0.15, -0.1) is 0 Å². The van der Waals surface area contributed by atoms with Gasteiger partial charge in [0, 0.05) is 12.6 Å². The Kier molecular flexibility index (Phi) is 4.38. The van der Waals surface area contributed by atoms with Crippen LogP contribution in [0.3, 0.4) is 0 Å². The number of hydrogen-bond donors (Lipinski definition) is 1. The molecule has 3 aromatic rings. The van der Waals surface area contributed by atoms with Gasteiger partial charge >= 0.3 is 11.7 Å². The van der Waals surface area contributed by atoms with E-state index < -0.39 is 23.7 Å². The van der Waals surface area contributed by atoms with Gasteiger partial charge in [0.05, 0.1) is 12.6 Å². The number of rotatable bonds is 4. The van der Waals surface area contributed by atoms with Crippen molar-refractivity contribution in [3.8, 4) is 0 Å². The van der Waals surface area contributed by atoms with Crippen LogP contribution in [0.15, 0.2) is 57.7 Å². The highest BCUT2D eigenvalue weighted by Gasteiger charge is 2.25. The number of nitrogens with one attached hydrogen (secondary N) is 1. The third-order valence-electron chi connectivity index (χ3n) is 3.90. The second-order valence-electron chi connectivity index (χ2n) is 5.45. The number of aryl methyl sites for hydroxylation is 1. The molecule has 0 radical (unpaired) electrons. The van der Waals surface area contributed by atoms with Gasteiger partial charge in [-0.2, -0.15) is 0 Å². The Bertz CT molecular complexity index is 988. The van der Waals surface area contributed by atoms with Crippen LogP contribution in [0.5, 0.6) is 0 Å². The molecule has 7 nitrogen and oxygen atoms in total. The van der Waals surface area contributed by atoms with E-state index in [1.54, 1.807) is 55.6 Å². The molecular weight excluding hydrogens is 324 g/mol. The van der Waals surface area contributed by atoms with E-state index in [1.165, 1.54) is 11.7 Å². The predicted octanol–water partition coefficient (Wildman–Crippen LogP) is 1.78.